The molecule has 1 fully saturated rings. The van der Waals surface area contributed by atoms with Gasteiger partial charge >= 0.3 is 0 Å². The van der Waals surface area contributed by atoms with E-state index in [4.69, 9.17) is 15.1 Å². The number of fused-ring (bicyclic) bond motifs is 1. The number of nitrogens with two attached hydrogens (primary N) is 1. The third kappa shape index (κ3) is 7.45. The molecule has 0 radical (unpaired) electrons. The number of pyridine rings is 1. The Hall–Kier alpha value is -2.69. The third-order valence-corrected chi connectivity index (χ3v) is 8.14. The smallest absolute Gasteiger partial charge is 0.238 e. The van der Waals surface area contributed by atoms with Crippen LogP contribution < -0.4 is 15.4 Å². The van der Waals surface area contributed by atoms with E-state index in [1.54, 1.807) is 12.1 Å². The highest BCUT2D eigenvalue weighted by Crippen LogP contribution is 2.26. The van der Waals surface area contributed by atoms with E-state index in [1.807, 2.05) is 0 Å². The van der Waals surface area contributed by atoms with Gasteiger partial charge in [0.2, 0.25) is 16.0 Å². The summed E-state index contributed by atoms with van der Waals surface area (Å²) in [6, 6.07) is 10.6. The van der Waals surface area contributed by atoms with Crippen LogP contribution in [0.5, 0.6) is 0 Å². The summed E-state index contributed by atoms with van der Waals surface area (Å²) in [5, 5.41) is 8.66. The normalized spacial score (nSPS) is 14.7. The monoisotopic (exact) mass is 541 g/mol. The zero-order valence-electron chi connectivity index (χ0n) is 22.9. The molecule has 0 spiro atoms. The maximum absolute atomic E-state index is 11.7. The van der Waals surface area contributed by atoms with Crippen molar-refractivity contribution in [3.63, 3.8) is 0 Å². The van der Waals surface area contributed by atoms with Crippen molar-refractivity contribution in [1.82, 2.24) is 19.4 Å². The van der Waals surface area contributed by atoms with Gasteiger partial charge in [-0.05, 0) is 88.1 Å². The van der Waals surface area contributed by atoms with Gasteiger partial charge in [-0.2, -0.15) is 0 Å². The van der Waals surface area contributed by atoms with Gasteiger partial charge in [-0.1, -0.05) is 33.1 Å². The van der Waals surface area contributed by atoms with Crippen LogP contribution in [0.25, 0.3) is 11.2 Å². The molecule has 1 aliphatic rings. The lowest BCUT2D eigenvalue weighted by atomic mass is 10.1. The molecule has 3 aromatic rings. The summed E-state index contributed by atoms with van der Waals surface area (Å²) >= 11 is 0. The van der Waals surface area contributed by atoms with Crippen molar-refractivity contribution in [3.8, 4) is 0 Å². The molecule has 3 N–H and O–H groups in total. The highest BCUT2D eigenvalue weighted by Gasteiger charge is 2.17. The molecule has 3 heterocycles. The first kappa shape index (κ1) is 28.3. The Bertz CT molecular complexity index is 1260. The number of nitrogens with zero attached hydrogens (tertiary/aromatic N) is 5. The first-order chi connectivity index (χ1) is 18.4. The number of unbranched alkanes of at least 4 members (excludes halogenated alkanes) is 2. The Morgan fingerprint density at radius 3 is 2.21 bits per heavy atom. The van der Waals surface area contributed by atoms with E-state index in [1.165, 1.54) is 44.5 Å². The first-order valence-corrected chi connectivity index (χ1v) is 15.7. The Kier molecular flexibility index (Phi) is 9.98. The molecule has 0 atom stereocenters. The summed E-state index contributed by atoms with van der Waals surface area (Å²) in [4.78, 5) is 15.1. The van der Waals surface area contributed by atoms with Crippen molar-refractivity contribution in [2.45, 2.75) is 76.7 Å². The molecule has 0 unspecified atom stereocenters. The molecule has 10 heteroatoms. The lowest BCUT2D eigenvalue weighted by molar-refractivity contribution is 0.223. The van der Waals surface area contributed by atoms with Gasteiger partial charge in [-0.25, -0.2) is 23.5 Å². The fourth-order valence-electron chi connectivity index (χ4n) is 5.01. The molecule has 38 heavy (non-hydrogen) atoms. The van der Waals surface area contributed by atoms with Gasteiger partial charge in [-0.3, -0.25) is 4.57 Å². The molecule has 0 bridgehead atoms. The summed E-state index contributed by atoms with van der Waals surface area (Å²) in [5.41, 5.74) is 2.47. The summed E-state index contributed by atoms with van der Waals surface area (Å²) in [6.45, 7) is 10.7. The van der Waals surface area contributed by atoms with Crippen LogP contribution in [0.3, 0.4) is 0 Å². The Morgan fingerprint density at radius 2 is 1.58 bits per heavy atom. The van der Waals surface area contributed by atoms with Crippen molar-refractivity contribution in [3.05, 3.63) is 36.4 Å². The number of aryl methyl sites for hydroxylation is 1. The second-order valence-electron chi connectivity index (χ2n) is 10.2. The number of hydrogen-bond acceptors (Lipinski definition) is 7. The minimum Gasteiger partial charge on any atom is -0.357 e. The average molecular weight is 542 g/mol. The molecule has 0 saturated carbocycles. The van der Waals surface area contributed by atoms with E-state index >= 15 is 0 Å². The fraction of sp³-hybridized carbons (Fsp3) is 0.571. The lowest BCUT2D eigenvalue weighted by Gasteiger charge is -2.26. The number of rotatable bonds is 14. The highest BCUT2D eigenvalue weighted by molar-refractivity contribution is 7.89. The van der Waals surface area contributed by atoms with Crippen molar-refractivity contribution in [1.29, 1.82) is 0 Å². The van der Waals surface area contributed by atoms with Gasteiger partial charge in [0, 0.05) is 25.3 Å². The van der Waals surface area contributed by atoms with Crippen molar-refractivity contribution in [2.75, 3.05) is 42.9 Å². The van der Waals surface area contributed by atoms with Gasteiger partial charge in [0.25, 0.3) is 0 Å². The quantitative estimate of drug-likeness (QED) is 0.292. The molecular formula is C28H43N7O2S. The number of hydrogen-bond donors (Lipinski definition) is 2. The fourth-order valence-corrected chi connectivity index (χ4v) is 5.52. The van der Waals surface area contributed by atoms with E-state index in [9.17, 15) is 8.42 Å². The lowest BCUT2D eigenvalue weighted by Crippen LogP contribution is -2.31. The molecule has 1 aromatic carbocycles. The topological polar surface area (TPSA) is 109 Å². The van der Waals surface area contributed by atoms with Crippen LogP contribution in [0.1, 0.15) is 65.2 Å². The molecule has 0 aliphatic carbocycles. The molecule has 208 valence electrons. The van der Waals surface area contributed by atoms with Gasteiger partial charge < -0.3 is 15.1 Å². The first-order valence-electron chi connectivity index (χ1n) is 14.1. The van der Waals surface area contributed by atoms with Crippen LogP contribution in [0.2, 0.25) is 0 Å². The summed E-state index contributed by atoms with van der Waals surface area (Å²) in [6.07, 6.45) is 9.48. The number of nitrogens with one attached hydrogen (secondary N) is 1. The molecule has 9 nitrogen and oxygen atoms in total. The second-order valence-corrected chi connectivity index (χ2v) is 11.8. The van der Waals surface area contributed by atoms with Crippen LogP contribution in [-0.2, 0) is 16.6 Å². The van der Waals surface area contributed by atoms with E-state index in [0.29, 0.717) is 5.95 Å². The molecular weight excluding hydrogens is 498 g/mol. The number of likely N-dealkylation sites (tertiary alicyclic amines) is 1. The highest BCUT2D eigenvalue weighted by atomic mass is 32.2. The van der Waals surface area contributed by atoms with Crippen LogP contribution in [-0.4, -0.2) is 60.6 Å². The largest absolute Gasteiger partial charge is 0.357 e. The molecule has 1 saturated heterocycles. The minimum absolute atomic E-state index is 0.0867. The Balaban J connectivity index is 1.62. The third-order valence-electron chi connectivity index (χ3n) is 7.21. The van der Waals surface area contributed by atoms with Crippen LogP contribution >= 0.6 is 0 Å². The summed E-state index contributed by atoms with van der Waals surface area (Å²) in [5.74, 6) is 1.71. The van der Waals surface area contributed by atoms with Gasteiger partial charge in [0.05, 0.1) is 4.90 Å². The van der Waals surface area contributed by atoms with E-state index in [0.717, 1.165) is 81.0 Å². The van der Waals surface area contributed by atoms with Gasteiger partial charge in [0.15, 0.2) is 5.65 Å². The maximum Gasteiger partial charge on any atom is 0.238 e. The van der Waals surface area contributed by atoms with E-state index in [2.05, 4.69) is 45.7 Å². The predicted molar refractivity (Wildman–Crippen MR) is 156 cm³/mol. The molecule has 1 aliphatic heterocycles. The number of imidazole rings is 1. The predicted octanol–water partition coefficient (Wildman–Crippen LogP) is 5.10. The molecule has 2 aromatic heterocycles. The van der Waals surface area contributed by atoms with E-state index < -0.39 is 10.0 Å². The average Bonchev–Trinajstić information content (AvgIpc) is 3.25. The zero-order valence-corrected chi connectivity index (χ0v) is 23.7. The van der Waals surface area contributed by atoms with Gasteiger partial charge in [0.1, 0.15) is 11.3 Å². The minimum atomic E-state index is -3.74. The standard InChI is InChI=1S/C28H43N7O2S/c1-3-5-20-34(21-6-4-2)26-16-15-25-27(32-26)35(22-10-19-33-17-8-7-9-18-33)28(31-25)30-23-11-13-24(14-12-23)38(29,36)37/h11-16H,3-10,17-22H2,1-2H3,(H,30,31)(H2,29,36,37). The number of piperidine rings is 1. The number of primary sulfonamides is 1. The number of benzene rings is 1. The maximum atomic E-state index is 11.7. The number of sulfonamides is 1. The van der Waals surface area contributed by atoms with E-state index in [-0.39, 0.29) is 4.90 Å². The van der Waals surface area contributed by atoms with Crippen LogP contribution in [0.15, 0.2) is 41.3 Å². The van der Waals surface area contributed by atoms with Crippen molar-refractivity contribution >= 4 is 38.6 Å². The molecule has 0 amide bonds. The van der Waals surface area contributed by atoms with Crippen LogP contribution in [0.4, 0.5) is 17.5 Å². The zero-order chi connectivity index (χ0) is 27.0. The number of aromatic nitrogens is 3. The molecule has 4 rings (SSSR count). The van der Waals surface area contributed by atoms with Crippen molar-refractivity contribution < 1.29 is 8.42 Å². The second kappa shape index (κ2) is 13.4. The Morgan fingerprint density at radius 1 is 0.895 bits per heavy atom. The van der Waals surface area contributed by atoms with Crippen LogP contribution in [0, 0.1) is 0 Å². The number of anilines is 3. The Labute approximate surface area is 227 Å². The SMILES string of the molecule is CCCCN(CCCC)c1ccc2nc(Nc3ccc(S(N)(=O)=O)cc3)n(CCCN3CCCCC3)c2n1. The van der Waals surface area contributed by atoms with Crippen molar-refractivity contribution in [2.24, 2.45) is 5.14 Å². The van der Waals surface area contributed by atoms with Gasteiger partial charge in [-0.15, -0.1) is 0 Å². The summed E-state index contributed by atoms with van der Waals surface area (Å²) < 4.78 is 25.5. The summed E-state index contributed by atoms with van der Waals surface area (Å²) in [7, 11) is -3.74.